The van der Waals surface area contributed by atoms with E-state index in [9.17, 15) is 22.4 Å². The summed E-state index contributed by atoms with van der Waals surface area (Å²) in [5.74, 6) is -2.26. The number of benzene rings is 2. The second-order valence-electron chi connectivity index (χ2n) is 5.37. The number of ether oxygens (including phenoxy) is 2. The molecule has 0 heterocycles. The molecule has 0 aromatic heterocycles. The standard InChI is InChI=1S/C17H16FNO6S/c1-10-3-5-12(26(19,22)23)8-13(10)17(21)25-9-15(20)11-4-6-16(24-2)14(18)7-11/h3-8H,9H2,1-2H3,(H2,19,22,23). The van der Waals surface area contributed by atoms with Crippen LogP contribution in [0.2, 0.25) is 0 Å². The second-order valence-corrected chi connectivity index (χ2v) is 6.93. The van der Waals surface area contributed by atoms with Crippen molar-refractivity contribution < 1.29 is 31.9 Å². The quantitative estimate of drug-likeness (QED) is 0.603. The Labute approximate surface area is 149 Å². The molecule has 2 N–H and O–H groups in total. The zero-order chi connectivity index (χ0) is 19.5. The first kappa shape index (κ1) is 19.5. The minimum Gasteiger partial charge on any atom is -0.494 e. The number of Topliss-reactive ketones (excluding diaryl/α,β-unsaturated/α-hetero) is 1. The third-order valence-electron chi connectivity index (χ3n) is 3.57. The fourth-order valence-corrected chi connectivity index (χ4v) is 2.67. The number of carbonyl (C=O) groups is 2. The van der Waals surface area contributed by atoms with Crippen LogP contribution in [0.15, 0.2) is 41.3 Å². The number of primary sulfonamides is 1. The van der Waals surface area contributed by atoms with Crippen LogP contribution in [0.3, 0.4) is 0 Å². The van der Waals surface area contributed by atoms with Crippen molar-refractivity contribution in [1.29, 1.82) is 0 Å². The molecule has 0 unspecified atom stereocenters. The van der Waals surface area contributed by atoms with Crippen LogP contribution in [0.5, 0.6) is 5.75 Å². The average Bonchev–Trinajstić information content (AvgIpc) is 2.58. The van der Waals surface area contributed by atoms with Gasteiger partial charge in [0.25, 0.3) is 0 Å². The average molecular weight is 381 g/mol. The Morgan fingerprint density at radius 2 is 1.85 bits per heavy atom. The van der Waals surface area contributed by atoms with Gasteiger partial charge in [-0.3, -0.25) is 4.79 Å². The molecule has 2 rings (SSSR count). The molecule has 0 saturated heterocycles. The number of hydrogen-bond donors (Lipinski definition) is 1. The zero-order valence-electron chi connectivity index (χ0n) is 14.0. The van der Waals surface area contributed by atoms with Gasteiger partial charge in [0.2, 0.25) is 10.0 Å². The molecule has 0 atom stereocenters. The molecule has 0 aliphatic rings. The van der Waals surface area contributed by atoms with Crippen molar-refractivity contribution in [2.75, 3.05) is 13.7 Å². The van der Waals surface area contributed by atoms with Crippen molar-refractivity contribution in [1.82, 2.24) is 0 Å². The van der Waals surface area contributed by atoms with E-state index in [1.54, 1.807) is 6.92 Å². The van der Waals surface area contributed by atoms with Gasteiger partial charge in [0.15, 0.2) is 24.0 Å². The topological polar surface area (TPSA) is 113 Å². The molecule has 0 aliphatic heterocycles. The Balaban J connectivity index is 2.13. The minimum absolute atomic E-state index is 0.00566. The van der Waals surface area contributed by atoms with Crippen LogP contribution in [-0.2, 0) is 14.8 Å². The van der Waals surface area contributed by atoms with Crippen LogP contribution < -0.4 is 9.88 Å². The number of methoxy groups -OCH3 is 1. The maximum Gasteiger partial charge on any atom is 0.338 e. The van der Waals surface area contributed by atoms with E-state index in [1.165, 1.54) is 31.4 Å². The summed E-state index contributed by atoms with van der Waals surface area (Å²) >= 11 is 0. The Bertz CT molecular complexity index is 971. The first-order chi connectivity index (χ1) is 12.1. The number of rotatable bonds is 6. The highest BCUT2D eigenvalue weighted by Gasteiger charge is 2.18. The van der Waals surface area contributed by atoms with E-state index in [0.717, 1.165) is 12.1 Å². The number of nitrogens with two attached hydrogens (primary N) is 1. The second kappa shape index (κ2) is 7.63. The summed E-state index contributed by atoms with van der Waals surface area (Å²) in [6.07, 6.45) is 0. The van der Waals surface area contributed by atoms with E-state index >= 15 is 0 Å². The number of hydrogen-bond acceptors (Lipinski definition) is 6. The van der Waals surface area contributed by atoms with Gasteiger partial charge in [-0.05, 0) is 42.8 Å². The summed E-state index contributed by atoms with van der Waals surface area (Å²) in [7, 11) is -2.70. The maximum atomic E-state index is 13.6. The number of esters is 1. The van der Waals surface area contributed by atoms with Crippen molar-refractivity contribution in [2.45, 2.75) is 11.8 Å². The van der Waals surface area contributed by atoms with E-state index in [2.05, 4.69) is 0 Å². The molecule has 0 fully saturated rings. The first-order valence-corrected chi connectivity index (χ1v) is 8.85. The highest BCUT2D eigenvalue weighted by Crippen LogP contribution is 2.19. The number of ketones is 1. The van der Waals surface area contributed by atoms with E-state index in [0.29, 0.717) is 5.56 Å². The van der Waals surface area contributed by atoms with Gasteiger partial charge in [-0.25, -0.2) is 22.7 Å². The SMILES string of the molecule is COc1ccc(C(=O)COC(=O)c2cc(S(N)(=O)=O)ccc2C)cc1F. The van der Waals surface area contributed by atoms with Gasteiger partial charge in [0, 0.05) is 5.56 Å². The van der Waals surface area contributed by atoms with Crippen molar-refractivity contribution in [3.05, 3.63) is 58.9 Å². The first-order valence-electron chi connectivity index (χ1n) is 7.31. The van der Waals surface area contributed by atoms with E-state index < -0.39 is 34.2 Å². The largest absolute Gasteiger partial charge is 0.494 e. The molecule has 0 radical (unpaired) electrons. The third kappa shape index (κ3) is 4.44. The van der Waals surface area contributed by atoms with Crippen LogP contribution in [0.4, 0.5) is 4.39 Å². The molecule has 0 saturated carbocycles. The molecular formula is C17H16FNO6S. The molecule has 0 aliphatic carbocycles. The Kier molecular flexibility index (Phi) is 5.73. The van der Waals surface area contributed by atoms with Gasteiger partial charge in [-0.2, -0.15) is 0 Å². The van der Waals surface area contributed by atoms with Crippen LogP contribution in [0.1, 0.15) is 26.3 Å². The number of carbonyl (C=O) groups excluding carboxylic acids is 2. The lowest BCUT2D eigenvalue weighted by Gasteiger charge is -2.09. The summed E-state index contributed by atoms with van der Waals surface area (Å²) in [5, 5.41) is 5.03. The van der Waals surface area contributed by atoms with Gasteiger partial charge in [-0.1, -0.05) is 6.07 Å². The molecule has 138 valence electrons. The van der Waals surface area contributed by atoms with Gasteiger partial charge in [0.1, 0.15) is 0 Å². The summed E-state index contributed by atoms with van der Waals surface area (Å²) in [6, 6.07) is 7.32. The molecule has 26 heavy (non-hydrogen) atoms. The van der Waals surface area contributed by atoms with Crippen LogP contribution in [0.25, 0.3) is 0 Å². The molecule has 2 aromatic carbocycles. The van der Waals surface area contributed by atoms with Crippen molar-refractivity contribution in [3.63, 3.8) is 0 Å². The molecular weight excluding hydrogens is 365 g/mol. The molecule has 7 nitrogen and oxygen atoms in total. The van der Waals surface area contributed by atoms with Gasteiger partial charge in [0.05, 0.1) is 17.6 Å². The van der Waals surface area contributed by atoms with Gasteiger partial charge in [-0.15, -0.1) is 0 Å². The summed E-state index contributed by atoms with van der Waals surface area (Å²) in [4.78, 5) is 23.9. The molecule has 0 amide bonds. The van der Waals surface area contributed by atoms with Crippen molar-refractivity contribution in [3.8, 4) is 5.75 Å². The van der Waals surface area contributed by atoms with E-state index in [1.807, 2.05) is 0 Å². The predicted octanol–water partition coefficient (Wildman–Crippen LogP) is 1.83. The smallest absolute Gasteiger partial charge is 0.338 e. The molecule has 2 aromatic rings. The number of sulfonamides is 1. The molecule has 9 heteroatoms. The lowest BCUT2D eigenvalue weighted by atomic mass is 10.1. The van der Waals surface area contributed by atoms with Crippen LogP contribution >= 0.6 is 0 Å². The van der Waals surface area contributed by atoms with E-state index in [-0.39, 0.29) is 21.8 Å². The monoisotopic (exact) mass is 381 g/mol. The van der Waals surface area contributed by atoms with Gasteiger partial charge >= 0.3 is 5.97 Å². The Morgan fingerprint density at radius 3 is 2.42 bits per heavy atom. The van der Waals surface area contributed by atoms with Crippen LogP contribution in [-0.4, -0.2) is 33.9 Å². The van der Waals surface area contributed by atoms with Gasteiger partial charge < -0.3 is 9.47 Å². The van der Waals surface area contributed by atoms with Crippen molar-refractivity contribution >= 4 is 21.8 Å². The normalized spacial score (nSPS) is 11.1. The Hall–Kier alpha value is -2.78. The molecule has 0 bridgehead atoms. The minimum atomic E-state index is -3.99. The summed E-state index contributed by atoms with van der Waals surface area (Å²) in [5.41, 5.74) is 0.418. The van der Waals surface area contributed by atoms with E-state index in [4.69, 9.17) is 14.6 Å². The predicted molar refractivity (Wildman–Crippen MR) is 90.1 cm³/mol. The fraction of sp³-hybridized carbons (Fsp3) is 0.176. The molecule has 0 spiro atoms. The Morgan fingerprint density at radius 1 is 1.15 bits per heavy atom. The summed E-state index contributed by atoms with van der Waals surface area (Å²) in [6.45, 7) is 0.938. The lowest BCUT2D eigenvalue weighted by molar-refractivity contribution is 0.0473. The summed E-state index contributed by atoms with van der Waals surface area (Å²) < 4.78 is 46.1. The maximum absolute atomic E-state index is 13.6. The highest BCUT2D eigenvalue weighted by atomic mass is 32.2. The number of aryl methyl sites for hydroxylation is 1. The lowest BCUT2D eigenvalue weighted by Crippen LogP contribution is -2.17. The fourth-order valence-electron chi connectivity index (χ4n) is 2.13. The van der Waals surface area contributed by atoms with Crippen LogP contribution in [0, 0.1) is 12.7 Å². The van der Waals surface area contributed by atoms with Crippen molar-refractivity contribution in [2.24, 2.45) is 5.14 Å². The highest BCUT2D eigenvalue weighted by molar-refractivity contribution is 7.89. The number of halogens is 1. The third-order valence-corrected chi connectivity index (χ3v) is 4.48. The zero-order valence-corrected chi connectivity index (χ0v) is 14.8.